The van der Waals surface area contributed by atoms with E-state index in [-0.39, 0.29) is 12.5 Å². The van der Waals surface area contributed by atoms with Gasteiger partial charge < -0.3 is 4.74 Å². The van der Waals surface area contributed by atoms with E-state index in [1.807, 2.05) is 63.2 Å². The first-order chi connectivity index (χ1) is 10.6. The SMILES string of the molecule is Cc1ccc(/C=N/NC(=O)COc2c(C)cccc2C)cc1. The van der Waals surface area contributed by atoms with E-state index in [9.17, 15) is 4.79 Å². The van der Waals surface area contributed by atoms with E-state index in [0.717, 1.165) is 22.4 Å². The Balaban J connectivity index is 1.84. The first kappa shape index (κ1) is 15.8. The van der Waals surface area contributed by atoms with Crippen LogP contribution < -0.4 is 10.2 Å². The van der Waals surface area contributed by atoms with Gasteiger partial charge in [-0.3, -0.25) is 4.79 Å². The Bertz CT molecular complexity index is 656. The highest BCUT2D eigenvalue weighted by Gasteiger charge is 2.06. The second-order valence-electron chi connectivity index (χ2n) is 5.21. The third kappa shape index (κ3) is 4.45. The summed E-state index contributed by atoms with van der Waals surface area (Å²) in [6.45, 7) is 5.87. The number of rotatable bonds is 5. The molecule has 4 heteroatoms. The molecule has 2 aromatic rings. The molecule has 2 aromatic carbocycles. The van der Waals surface area contributed by atoms with Crippen LogP contribution in [0.1, 0.15) is 22.3 Å². The fraction of sp³-hybridized carbons (Fsp3) is 0.222. The average molecular weight is 296 g/mol. The molecule has 0 unspecified atom stereocenters. The number of hydrogen-bond acceptors (Lipinski definition) is 3. The van der Waals surface area contributed by atoms with Gasteiger partial charge in [0.2, 0.25) is 0 Å². The number of nitrogens with one attached hydrogen (secondary N) is 1. The van der Waals surface area contributed by atoms with Crippen LogP contribution in [0.4, 0.5) is 0 Å². The quantitative estimate of drug-likeness (QED) is 0.680. The number of hydrogen-bond donors (Lipinski definition) is 1. The minimum absolute atomic E-state index is 0.0586. The molecular formula is C18H20N2O2. The van der Waals surface area contributed by atoms with Crippen molar-refractivity contribution >= 4 is 12.1 Å². The number of ether oxygens (including phenoxy) is 1. The van der Waals surface area contributed by atoms with Crippen molar-refractivity contribution in [3.05, 3.63) is 64.7 Å². The van der Waals surface area contributed by atoms with Gasteiger partial charge in [-0.25, -0.2) is 5.43 Å². The summed E-state index contributed by atoms with van der Waals surface area (Å²) in [7, 11) is 0. The maximum Gasteiger partial charge on any atom is 0.277 e. The van der Waals surface area contributed by atoms with Gasteiger partial charge >= 0.3 is 0 Å². The molecule has 22 heavy (non-hydrogen) atoms. The molecule has 0 atom stereocenters. The molecule has 114 valence electrons. The van der Waals surface area contributed by atoms with Gasteiger partial charge in [0.1, 0.15) is 5.75 Å². The Hall–Kier alpha value is -2.62. The van der Waals surface area contributed by atoms with Gasteiger partial charge in [0.05, 0.1) is 6.21 Å². The molecular weight excluding hydrogens is 276 g/mol. The summed E-state index contributed by atoms with van der Waals surface area (Å²) in [5, 5.41) is 3.92. The minimum atomic E-state index is -0.286. The van der Waals surface area contributed by atoms with Crippen LogP contribution >= 0.6 is 0 Å². The zero-order valence-electron chi connectivity index (χ0n) is 13.1. The topological polar surface area (TPSA) is 50.7 Å². The van der Waals surface area contributed by atoms with Crippen LogP contribution in [0.25, 0.3) is 0 Å². The van der Waals surface area contributed by atoms with Gasteiger partial charge in [0.15, 0.2) is 6.61 Å². The first-order valence-corrected chi connectivity index (χ1v) is 7.14. The number of hydrazone groups is 1. The number of amides is 1. The van der Waals surface area contributed by atoms with E-state index in [2.05, 4.69) is 10.5 Å². The number of para-hydroxylation sites is 1. The molecule has 1 N–H and O–H groups in total. The largest absolute Gasteiger partial charge is 0.483 e. The number of carbonyl (C=O) groups is 1. The lowest BCUT2D eigenvalue weighted by Gasteiger charge is -2.10. The van der Waals surface area contributed by atoms with Crippen LogP contribution in [0, 0.1) is 20.8 Å². The molecule has 2 rings (SSSR count). The van der Waals surface area contributed by atoms with Gasteiger partial charge in [0, 0.05) is 0 Å². The Labute approximate surface area is 130 Å². The molecule has 0 aliphatic rings. The molecule has 0 radical (unpaired) electrons. The van der Waals surface area contributed by atoms with Crippen molar-refractivity contribution < 1.29 is 9.53 Å². The average Bonchev–Trinajstić information content (AvgIpc) is 2.49. The predicted octanol–water partition coefficient (Wildman–Crippen LogP) is 3.14. The fourth-order valence-electron chi connectivity index (χ4n) is 2.03. The van der Waals surface area contributed by atoms with Crippen molar-refractivity contribution in [2.75, 3.05) is 6.61 Å². The van der Waals surface area contributed by atoms with E-state index in [4.69, 9.17) is 4.74 Å². The maximum absolute atomic E-state index is 11.7. The Morgan fingerprint density at radius 1 is 1.09 bits per heavy atom. The molecule has 0 aromatic heterocycles. The number of benzene rings is 2. The zero-order chi connectivity index (χ0) is 15.9. The molecule has 0 fully saturated rings. The summed E-state index contributed by atoms with van der Waals surface area (Å²) in [5.41, 5.74) is 6.60. The number of nitrogens with zero attached hydrogens (tertiary/aromatic N) is 1. The fourth-order valence-corrected chi connectivity index (χ4v) is 2.03. The van der Waals surface area contributed by atoms with Gasteiger partial charge in [-0.1, -0.05) is 48.0 Å². The van der Waals surface area contributed by atoms with Crippen LogP contribution in [-0.4, -0.2) is 18.7 Å². The van der Waals surface area contributed by atoms with E-state index >= 15 is 0 Å². The van der Waals surface area contributed by atoms with Crippen molar-refractivity contribution in [1.29, 1.82) is 0 Å². The third-order valence-electron chi connectivity index (χ3n) is 3.24. The normalized spacial score (nSPS) is 10.7. The van der Waals surface area contributed by atoms with Crippen LogP contribution in [-0.2, 0) is 4.79 Å². The number of carbonyl (C=O) groups excluding carboxylic acids is 1. The molecule has 4 nitrogen and oxygen atoms in total. The summed E-state index contributed by atoms with van der Waals surface area (Å²) in [6, 6.07) is 13.7. The Kier molecular flexibility index (Phi) is 5.31. The lowest BCUT2D eigenvalue weighted by atomic mass is 10.1. The van der Waals surface area contributed by atoms with E-state index in [1.165, 1.54) is 5.56 Å². The van der Waals surface area contributed by atoms with Crippen molar-refractivity contribution in [2.45, 2.75) is 20.8 Å². The van der Waals surface area contributed by atoms with E-state index in [0.29, 0.717) is 0 Å². The lowest BCUT2D eigenvalue weighted by Crippen LogP contribution is -2.25. The highest BCUT2D eigenvalue weighted by atomic mass is 16.5. The highest BCUT2D eigenvalue weighted by molar-refractivity contribution is 5.82. The molecule has 0 spiro atoms. The van der Waals surface area contributed by atoms with Crippen LogP contribution in [0.2, 0.25) is 0 Å². The van der Waals surface area contributed by atoms with Crippen LogP contribution in [0.15, 0.2) is 47.6 Å². The smallest absolute Gasteiger partial charge is 0.277 e. The Morgan fingerprint density at radius 2 is 1.73 bits per heavy atom. The third-order valence-corrected chi connectivity index (χ3v) is 3.24. The van der Waals surface area contributed by atoms with Crippen molar-refractivity contribution in [3.8, 4) is 5.75 Å². The van der Waals surface area contributed by atoms with Gasteiger partial charge in [-0.2, -0.15) is 5.10 Å². The molecule has 0 aliphatic carbocycles. The first-order valence-electron chi connectivity index (χ1n) is 7.14. The van der Waals surface area contributed by atoms with Crippen LogP contribution in [0.5, 0.6) is 5.75 Å². The van der Waals surface area contributed by atoms with E-state index < -0.39 is 0 Å². The van der Waals surface area contributed by atoms with Crippen molar-refractivity contribution in [1.82, 2.24) is 5.43 Å². The Morgan fingerprint density at radius 3 is 2.36 bits per heavy atom. The zero-order valence-corrected chi connectivity index (χ0v) is 13.1. The minimum Gasteiger partial charge on any atom is -0.483 e. The summed E-state index contributed by atoms with van der Waals surface area (Å²) in [5.74, 6) is 0.464. The predicted molar refractivity (Wildman–Crippen MR) is 88.3 cm³/mol. The van der Waals surface area contributed by atoms with Gasteiger partial charge in [-0.05, 0) is 37.5 Å². The molecule has 0 bridgehead atoms. The summed E-state index contributed by atoms with van der Waals surface area (Å²) < 4.78 is 5.56. The second kappa shape index (κ2) is 7.41. The molecule has 0 aliphatic heterocycles. The number of aryl methyl sites for hydroxylation is 3. The van der Waals surface area contributed by atoms with Crippen LogP contribution in [0.3, 0.4) is 0 Å². The molecule has 0 saturated carbocycles. The lowest BCUT2D eigenvalue weighted by molar-refractivity contribution is -0.123. The van der Waals surface area contributed by atoms with E-state index in [1.54, 1.807) is 6.21 Å². The molecule has 0 saturated heterocycles. The second-order valence-corrected chi connectivity index (χ2v) is 5.21. The van der Waals surface area contributed by atoms with Gasteiger partial charge in [0.25, 0.3) is 5.91 Å². The van der Waals surface area contributed by atoms with Gasteiger partial charge in [-0.15, -0.1) is 0 Å². The summed E-state index contributed by atoms with van der Waals surface area (Å²) in [4.78, 5) is 11.7. The van der Waals surface area contributed by atoms with Crippen molar-refractivity contribution in [2.24, 2.45) is 5.10 Å². The molecule has 1 amide bonds. The summed E-state index contributed by atoms with van der Waals surface area (Å²) in [6.07, 6.45) is 1.61. The monoisotopic (exact) mass is 296 g/mol. The molecule has 0 heterocycles. The maximum atomic E-state index is 11.7. The standard InChI is InChI=1S/C18H20N2O2/c1-13-7-9-16(10-8-13)11-19-20-17(21)12-22-18-14(2)5-4-6-15(18)3/h4-11H,12H2,1-3H3,(H,20,21)/b19-11+. The highest BCUT2D eigenvalue weighted by Crippen LogP contribution is 2.21. The van der Waals surface area contributed by atoms with Crippen molar-refractivity contribution in [3.63, 3.8) is 0 Å². The summed E-state index contributed by atoms with van der Waals surface area (Å²) >= 11 is 0.